The number of nitrogens with two attached hydrogens (primary N) is 1. The Labute approximate surface area is 127 Å². The van der Waals surface area contributed by atoms with Crippen molar-refractivity contribution in [3.63, 3.8) is 0 Å². The van der Waals surface area contributed by atoms with E-state index in [0.29, 0.717) is 4.99 Å². The first-order valence-electron chi connectivity index (χ1n) is 7.26. The monoisotopic (exact) mass is 291 g/mol. The van der Waals surface area contributed by atoms with Gasteiger partial charge < -0.3 is 16.0 Å². The number of hydrogen-bond donors (Lipinski definition) is 2. The van der Waals surface area contributed by atoms with Crippen LogP contribution in [0.5, 0.6) is 0 Å². The summed E-state index contributed by atoms with van der Waals surface area (Å²) in [5, 5.41) is 3.58. The molecule has 0 atom stereocenters. The first-order chi connectivity index (χ1) is 9.44. The molecular formula is C16H25N3S. The fourth-order valence-corrected chi connectivity index (χ4v) is 3.26. The molecule has 0 spiro atoms. The Hall–Kier alpha value is -1.13. The molecule has 0 aliphatic heterocycles. The lowest BCUT2D eigenvalue weighted by Crippen LogP contribution is -2.47. The summed E-state index contributed by atoms with van der Waals surface area (Å²) in [7, 11) is 4.35. The molecule has 0 bridgehead atoms. The van der Waals surface area contributed by atoms with Crippen LogP contribution in [0.2, 0.25) is 0 Å². The van der Waals surface area contributed by atoms with Gasteiger partial charge in [-0.1, -0.05) is 36.7 Å². The number of aryl methyl sites for hydroxylation is 1. The molecule has 1 aromatic carbocycles. The van der Waals surface area contributed by atoms with Crippen LogP contribution in [0, 0.1) is 6.92 Å². The summed E-state index contributed by atoms with van der Waals surface area (Å²) < 4.78 is 0. The Balaban J connectivity index is 2.16. The first kappa shape index (κ1) is 15.3. The standard InChI is InChI=1S/C16H25N3S/c1-12-6-7-14(13(10-12)15(17)20)18-11-16(19(2)3)8-4-5-9-16/h6-7,10,18H,4-5,8-9,11H2,1-3H3,(H2,17,20). The Bertz CT molecular complexity index is 490. The third-order valence-electron chi connectivity index (χ3n) is 4.53. The smallest absolute Gasteiger partial charge is 0.106 e. The van der Waals surface area contributed by atoms with Crippen molar-refractivity contribution in [2.24, 2.45) is 5.73 Å². The summed E-state index contributed by atoms with van der Waals surface area (Å²) in [6.45, 7) is 3.00. The second kappa shape index (κ2) is 6.10. The van der Waals surface area contributed by atoms with Crippen LogP contribution in [-0.4, -0.2) is 36.1 Å². The largest absolute Gasteiger partial charge is 0.389 e. The van der Waals surface area contributed by atoms with Crippen LogP contribution in [0.25, 0.3) is 0 Å². The van der Waals surface area contributed by atoms with Gasteiger partial charge in [0.15, 0.2) is 0 Å². The van der Waals surface area contributed by atoms with Gasteiger partial charge in [-0.3, -0.25) is 0 Å². The fourth-order valence-electron chi connectivity index (χ4n) is 3.09. The average Bonchev–Trinajstić information content (AvgIpc) is 2.87. The molecule has 1 aliphatic carbocycles. The van der Waals surface area contributed by atoms with Crippen molar-refractivity contribution in [3.8, 4) is 0 Å². The van der Waals surface area contributed by atoms with E-state index in [4.69, 9.17) is 18.0 Å². The van der Waals surface area contributed by atoms with Gasteiger partial charge in [-0.15, -0.1) is 0 Å². The summed E-state index contributed by atoms with van der Waals surface area (Å²) in [6, 6.07) is 6.24. The van der Waals surface area contributed by atoms with E-state index in [-0.39, 0.29) is 5.54 Å². The van der Waals surface area contributed by atoms with E-state index >= 15 is 0 Å². The van der Waals surface area contributed by atoms with Crippen molar-refractivity contribution in [1.82, 2.24) is 4.90 Å². The van der Waals surface area contributed by atoms with E-state index in [0.717, 1.165) is 17.8 Å². The highest BCUT2D eigenvalue weighted by Gasteiger charge is 2.35. The lowest BCUT2D eigenvalue weighted by atomic mass is 9.95. The topological polar surface area (TPSA) is 41.3 Å². The van der Waals surface area contributed by atoms with Gasteiger partial charge in [0.25, 0.3) is 0 Å². The number of nitrogens with zero attached hydrogens (tertiary/aromatic N) is 1. The molecule has 1 fully saturated rings. The molecule has 3 nitrogen and oxygen atoms in total. The van der Waals surface area contributed by atoms with E-state index in [1.54, 1.807) is 0 Å². The lowest BCUT2D eigenvalue weighted by molar-refractivity contribution is 0.172. The van der Waals surface area contributed by atoms with Gasteiger partial charge in [-0.2, -0.15) is 0 Å². The predicted octanol–water partition coefficient (Wildman–Crippen LogP) is 2.92. The summed E-state index contributed by atoms with van der Waals surface area (Å²) in [5.41, 5.74) is 9.29. The Kier molecular flexibility index (Phi) is 4.66. The summed E-state index contributed by atoms with van der Waals surface area (Å²) in [5.74, 6) is 0. The molecule has 2 rings (SSSR count). The number of hydrogen-bond acceptors (Lipinski definition) is 3. The molecule has 4 heteroatoms. The van der Waals surface area contributed by atoms with Crippen LogP contribution < -0.4 is 11.1 Å². The van der Waals surface area contributed by atoms with Crippen molar-refractivity contribution >= 4 is 22.9 Å². The van der Waals surface area contributed by atoms with E-state index in [2.05, 4.69) is 49.4 Å². The van der Waals surface area contributed by atoms with Crippen LogP contribution in [0.4, 0.5) is 5.69 Å². The minimum atomic E-state index is 0.262. The minimum Gasteiger partial charge on any atom is -0.389 e. The maximum atomic E-state index is 5.84. The maximum absolute atomic E-state index is 5.84. The second-order valence-corrected chi connectivity index (χ2v) is 6.53. The van der Waals surface area contributed by atoms with Gasteiger partial charge in [0.1, 0.15) is 4.99 Å². The Morgan fingerprint density at radius 1 is 1.35 bits per heavy atom. The van der Waals surface area contributed by atoms with Crippen LogP contribution in [0.1, 0.15) is 36.8 Å². The zero-order valence-electron chi connectivity index (χ0n) is 12.7. The quantitative estimate of drug-likeness (QED) is 0.819. The maximum Gasteiger partial charge on any atom is 0.106 e. The summed E-state index contributed by atoms with van der Waals surface area (Å²) >= 11 is 5.16. The number of nitrogens with one attached hydrogen (secondary N) is 1. The van der Waals surface area contributed by atoms with Gasteiger partial charge in [0.05, 0.1) is 0 Å². The number of rotatable bonds is 5. The molecule has 3 N–H and O–H groups in total. The average molecular weight is 291 g/mol. The van der Waals surface area contributed by atoms with Crippen molar-refractivity contribution in [2.75, 3.05) is 26.0 Å². The third-order valence-corrected chi connectivity index (χ3v) is 4.75. The molecule has 1 saturated carbocycles. The number of thiocarbonyl (C=S) groups is 1. The molecule has 0 amide bonds. The van der Waals surface area contributed by atoms with E-state index in [1.165, 1.54) is 31.2 Å². The molecule has 20 heavy (non-hydrogen) atoms. The van der Waals surface area contributed by atoms with Crippen LogP contribution in [0.15, 0.2) is 18.2 Å². The summed E-state index contributed by atoms with van der Waals surface area (Å²) in [6.07, 6.45) is 5.13. The summed E-state index contributed by atoms with van der Waals surface area (Å²) in [4.78, 5) is 2.82. The van der Waals surface area contributed by atoms with Crippen molar-refractivity contribution in [3.05, 3.63) is 29.3 Å². The molecule has 1 aliphatic rings. The number of benzene rings is 1. The zero-order chi connectivity index (χ0) is 14.8. The molecular weight excluding hydrogens is 266 g/mol. The number of anilines is 1. The van der Waals surface area contributed by atoms with Crippen molar-refractivity contribution in [2.45, 2.75) is 38.1 Å². The van der Waals surface area contributed by atoms with E-state index in [1.807, 2.05) is 0 Å². The van der Waals surface area contributed by atoms with Crippen molar-refractivity contribution in [1.29, 1.82) is 0 Å². The highest BCUT2D eigenvalue weighted by Crippen LogP contribution is 2.34. The molecule has 1 aromatic rings. The Morgan fingerprint density at radius 3 is 2.55 bits per heavy atom. The molecule has 0 aromatic heterocycles. The number of likely N-dealkylation sites (N-methyl/N-ethyl adjacent to an activating group) is 1. The van der Waals surface area contributed by atoms with Crippen LogP contribution in [0.3, 0.4) is 0 Å². The molecule has 0 heterocycles. The Morgan fingerprint density at radius 2 is 2.00 bits per heavy atom. The highest BCUT2D eigenvalue weighted by molar-refractivity contribution is 7.80. The van der Waals surface area contributed by atoms with Gasteiger partial charge in [-0.25, -0.2) is 0 Å². The fraction of sp³-hybridized carbons (Fsp3) is 0.562. The van der Waals surface area contributed by atoms with Gasteiger partial charge >= 0.3 is 0 Å². The van der Waals surface area contributed by atoms with Gasteiger partial charge in [0.2, 0.25) is 0 Å². The van der Waals surface area contributed by atoms with Crippen LogP contribution in [-0.2, 0) is 0 Å². The first-order valence-corrected chi connectivity index (χ1v) is 7.67. The molecule has 0 unspecified atom stereocenters. The third kappa shape index (κ3) is 3.13. The zero-order valence-corrected chi connectivity index (χ0v) is 13.5. The van der Waals surface area contributed by atoms with Gasteiger partial charge in [0, 0.05) is 23.3 Å². The van der Waals surface area contributed by atoms with E-state index in [9.17, 15) is 0 Å². The molecule has 0 radical (unpaired) electrons. The van der Waals surface area contributed by atoms with E-state index < -0.39 is 0 Å². The SMILES string of the molecule is Cc1ccc(NCC2(N(C)C)CCCC2)c(C(N)=S)c1. The predicted molar refractivity (Wildman–Crippen MR) is 90.4 cm³/mol. The normalized spacial score (nSPS) is 17.4. The highest BCUT2D eigenvalue weighted by atomic mass is 32.1. The van der Waals surface area contributed by atoms with Crippen LogP contribution >= 0.6 is 12.2 Å². The second-order valence-electron chi connectivity index (χ2n) is 6.09. The van der Waals surface area contributed by atoms with Crippen molar-refractivity contribution < 1.29 is 0 Å². The minimum absolute atomic E-state index is 0.262. The van der Waals surface area contributed by atoms with Gasteiger partial charge in [-0.05, 0) is 46.0 Å². The lowest BCUT2D eigenvalue weighted by Gasteiger charge is -2.37. The molecule has 0 saturated heterocycles. The molecule has 110 valence electrons.